The number of rotatable bonds is 3. The van der Waals surface area contributed by atoms with Crippen LogP contribution in [0.15, 0.2) is 24.5 Å². The molecule has 1 aliphatic heterocycles. The Bertz CT molecular complexity index is 590. The summed E-state index contributed by atoms with van der Waals surface area (Å²) in [6.45, 7) is 3.47. The van der Waals surface area contributed by atoms with E-state index in [9.17, 15) is 4.79 Å². The lowest BCUT2D eigenvalue weighted by Crippen LogP contribution is -2.48. The Hall–Kier alpha value is -2.28. The van der Waals surface area contributed by atoms with Gasteiger partial charge in [0.15, 0.2) is 0 Å². The molecule has 0 aliphatic carbocycles. The molecule has 7 nitrogen and oxygen atoms in total. The highest BCUT2D eigenvalue weighted by atomic mass is 16.2. The minimum Gasteiger partial charge on any atom is -0.326 e. The van der Waals surface area contributed by atoms with Gasteiger partial charge in [0.2, 0.25) is 5.91 Å². The highest BCUT2D eigenvalue weighted by Gasteiger charge is 2.24. The van der Waals surface area contributed by atoms with Crippen LogP contribution in [0.1, 0.15) is 5.56 Å². The number of anilines is 1. The predicted molar refractivity (Wildman–Crippen MR) is 68.9 cm³/mol. The number of nitrogens with one attached hydrogen (secondary N) is 2. The largest absolute Gasteiger partial charge is 0.326 e. The fourth-order valence-corrected chi connectivity index (χ4v) is 1.98. The van der Waals surface area contributed by atoms with Gasteiger partial charge in [0.25, 0.3) is 0 Å². The van der Waals surface area contributed by atoms with Crippen molar-refractivity contribution in [2.75, 3.05) is 18.4 Å². The lowest BCUT2D eigenvalue weighted by Gasteiger charge is -2.25. The van der Waals surface area contributed by atoms with Crippen molar-refractivity contribution < 1.29 is 4.79 Å². The topological polar surface area (TPSA) is 84.7 Å². The second-order valence-corrected chi connectivity index (χ2v) is 4.60. The van der Waals surface area contributed by atoms with E-state index in [2.05, 4.69) is 26.2 Å². The summed E-state index contributed by atoms with van der Waals surface area (Å²) in [6.07, 6.45) is 1.54. The Morgan fingerprint density at radius 3 is 2.89 bits per heavy atom. The number of benzene rings is 1. The Labute approximate surface area is 110 Å². The minimum atomic E-state index is 0.0633. The fourth-order valence-electron chi connectivity index (χ4n) is 1.98. The summed E-state index contributed by atoms with van der Waals surface area (Å²) in [4.78, 5) is 11.8. The van der Waals surface area contributed by atoms with Crippen LogP contribution >= 0.6 is 0 Å². The smallest absolute Gasteiger partial charge is 0.230 e. The number of hydrogen-bond acceptors (Lipinski definition) is 5. The molecule has 0 atom stereocenters. The molecule has 3 rings (SSSR count). The Morgan fingerprint density at radius 2 is 2.32 bits per heavy atom. The molecule has 2 heterocycles. The number of carbonyl (C=O) groups excluding carboxylic acids is 1. The number of hydrogen-bond donors (Lipinski definition) is 2. The molecule has 1 amide bonds. The minimum absolute atomic E-state index is 0.0633. The van der Waals surface area contributed by atoms with Crippen LogP contribution in [0.5, 0.6) is 0 Å². The van der Waals surface area contributed by atoms with Crippen LogP contribution in [0.3, 0.4) is 0 Å². The van der Waals surface area contributed by atoms with Crippen LogP contribution < -0.4 is 10.6 Å². The van der Waals surface area contributed by atoms with E-state index in [1.807, 2.05) is 25.1 Å². The third-order valence-electron chi connectivity index (χ3n) is 3.21. The Balaban J connectivity index is 1.77. The number of aryl methyl sites for hydroxylation is 1. The van der Waals surface area contributed by atoms with Crippen molar-refractivity contribution in [1.29, 1.82) is 0 Å². The van der Waals surface area contributed by atoms with Crippen LogP contribution in [0, 0.1) is 12.8 Å². The normalized spacial score (nSPS) is 15.0. The summed E-state index contributed by atoms with van der Waals surface area (Å²) in [5.74, 6) is 0.146. The summed E-state index contributed by atoms with van der Waals surface area (Å²) in [5, 5.41) is 17.1. The Morgan fingerprint density at radius 1 is 1.47 bits per heavy atom. The zero-order valence-corrected chi connectivity index (χ0v) is 10.5. The molecule has 2 aromatic rings. The molecule has 0 radical (unpaired) electrons. The third-order valence-corrected chi connectivity index (χ3v) is 3.21. The van der Waals surface area contributed by atoms with Crippen molar-refractivity contribution >= 4 is 11.6 Å². The van der Waals surface area contributed by atoms with Crippen LogP contribution in [0.25, 0.3) is 5.69 Å². The maximum Gasteiger partial charge on any atom is 0.230 e. The first-order valence-corrected chi connectivity index (χ1v) is 6.09. The van der Waals surface area contributed by atoms with Gasteiger partial charge in [0.05, 0.1) is 11.6 Å². The van der Waals surface area contributed by atoms with Gasteiger partial charge < -0.3 is 10.6 Å². The van der Waals surface area contributed by atoms with Gasteiger partial charge in [0, 0.05) is 18.8 Å². The maximum atomic E-state index is 11.8. The van der Waals surface area contributed by atoms with E-state index < -0.39 is 0 Å². The third kappa shape index (κ3) is 2.32. The van der Waals surface area contributed by atoms with Gasteiger partial charge in [-0.3, -0.25) is 4.79 Å². The van der Waals surface area contributed by atoms with Crippen molar-refractivity contribution in [2.24, 2.45) is 5.92 Å². The van der Waals surface area contributed by atoms with E-state index >= 15 is 0 Å². The van der Waals surface area contributed by atoms with Crippen LogP contribution in [0.2, 0.25) is 0 Å². The summed E-state index contributed by atoms with van der Waals surface area (Å²) >= 11 is 0. The lowest BCUT2D eigenvalue weighted by molar-refractivity contribution is -0.121. The number of aromatic nitrogens is 4. The number of nitrogens with zero attached hydrogens (tertiary/aromatic N) is 4. The summed E-state index contributed by atoms with van der Waals surface area (Å²) in [6, 6.07) is 5.66. The second-order valence-electron chi connectivity index (χ2n) is 4.60. The second kappa shape index (κ2) is 4.77. The van der Waals surface area contributed by atoms with E-state index in [4.69, 9.17) is 0 Å². The predicted octanol–water partition coefficient (Wildman–Crippen LogP) is 0.129. The van der Waals surface area contributed by atoms with Gasteiger partial charge in [-0.15, -0.1) is 5.10 Å². The van der Waals surface area contributed by atoms with E-state index in [0.29, 0.717) is 0 Å². The zero-order valence-electron chi connectivity index (χ0n) is 10.5. The molecule has 2 N–H and O–H groups in total. The summed E-state index contributed by atoms with van der Waals surface area (Å²) in [7, 11) is 0. The number of amides is 1. The highest BCUT2D eigenvalue weighted by molar-refractivity contribution is 5.93. The molecular formula is C12H14N6O. The van der Waals surface area contributed by atoms with E-state index in [1.165, 1.54) is 0 Å². The molecule has 19 heavy (non-hydrogen) atoms. The zero-order chi connectivity index (χ0) is 13.2. The van der Waals surface area contributed by atoms with Gasteiger partial charge in [-0.1, -0.05) is 0 Å². The first-order valence-electron chi connectivity index (χ1n) is 6.09. The van der Waals surface area contributed by atoms with Gasteiger partial charge in [-0.25, -0.2) is 4.68 Å². The number of carbonyl (C=O) groups is 1. The molecule has 0 bridgehead atoms. The van der Waals surface area contributed by atoms with Crippen molar-refractivity contribution in [3.63, 3.8) is 0 Å². The van der Waals surface area contributed by atoms with Crippen molar-refractivity contribution in [3.8, 4) is 5.69 Å². The molecule has 1 fully saturated rings. The van der Waals surface area contributed by atoms with Crippen LogP contribution in [-0.2, 0) is 4.79 Å². The van der Waals surface area contributed by atoms with Crippen molar-refractivity contribution in [3.05, 3.63) is 30.1 Å². The molecule has 0 spiro atoms. The monoisotopic (exact) mass is 258 g/mol. The maximum absolute atomic E-state index is 11.8. The quantitative estimate of drug-likeness (QED) is 0.817. The van der Waals surface area contributed by atoms with E-state index in [-0.39, 0.29) is 11.8 Å². The molecule has 1 aromatic heterocycles. The first-order chi connectivity index (χ1) is 9.24. The van der Waals surface area contributed by atoms with Gasteiger partial charge >= 0.3 is 0 Å². The molecule has 0 unspecified atom stereocenters. The summed E-state index contributed by atoms with van der Waals surface area (Å²) < 4.78 is 1.59. The SMILES string of the molecule is Cc1cc(NC(=O)C2CNC2)ccc1-n1cnnn1. The fraction of sp³-hybridized carbons (Fsp3) is 0.333. The molecule has 1 aromatic carbocycles. The van der Waals surface area contributed by atoms with Crippen LogP contribution in [-0.4, -0.2) is 39.2 Å². The Kier molecular flexibility index (Phi) is 2.96. The standard InChI is InChI=1S/C12H14N6O/c1-8-4-10(15-12(19)9-5-13-6-9)2-3-11(8)18-7-14-16-17-18/h2-4,7,9,13H,5-6H2,1H3,(H,15,19). The van der Waals surface area contributed by atoms with Crippen molar-refractivity contribution in [2.45, 2.75) is 6.92 Å². The average Bonchev–Trinajstić information content (AvgIpc) is 2.79. The number of tetrazole rings is 1. The van der Waals surface area contributed by atoms with E-state index in [1.54, 1.807) is 11.0 Å². The van der Waals surface area contributed by atoms with Crippen LogP contribution in [0.4, 0.5) is 5.69 Å². The van der Waals surface area contributed by atoms with Gasteiger partial charge in [-0.2, -0.15) is 0 Å². The molecular weight excluding hydrogens is 244 g/mol. The molecule has 0 saturated carbocycles. The molecule has 1 saturated heterocycles. The highest BCUT2D eigenvalue weighted by Crippen LogP contribution is 2.18. The van der Waals surface area contributed by atoms with Crippen molar-refractivity contribution in [1.82, 2.24) is 25.5 Å². The molecule has 98 valence electrons. The average molecular weight is 258 g/mol. The van der Waals surface area contributed by atoms with E-state index in [0.717, 1.165) is 30.0 Å². The molecule has 1 aliphatic rings. The van der Waals surface area contributed by atoms with Gasteiger partial charge in [0.1, 0.15) is 6.33 Å². The first kappa shape index (κ1) is 11.8. The summed E-state index contributed by atoms with van der Waals surface area (Å²) in [5.41, 5.74) is 2.69. The lowest BCUT2D eigenvalue weighted by atomic mass is 10.0. The van der Waals surface area contributed by atoms with Gasteiger partial charge in [-0.05, 0) is 41.1 Å². The molecule has 7 heteroatoms.